The Morgan fingerprint density at radius 2 is 1.85 bits per heavy atom. The minimum atomic E-state index is 0.648. The standard InChI is InChI=1S/C14H17N5S/c1-2-6-15-12(3-1)18-7-9-19(10-8-18)14-16-13(17-20-14)11-4-5-11/h1-3,6,11H,4-5,7-10H2. The van der Waals surface area contributed by atoms with Crippen molar-refractivity contribution in [1.29, 1.82) is 0 Å². The predicted octanol–water partition coefficient (Wildman–Crippen LogP) is 2.14. The van der Waals surface area contributed by atoms with Gasteiger partial charge in [0.05, 0.1) is 0 Å². The number of nitrogens with zero attached hydrogens (tertiary/aromatic N) is 5. The Bertz CT molecular complexity index is 572. The van der Waals surface area contributed by atoms with Crippen LogP contribution in [0.1, 0.15) is 24.6 Å². The van der Waals surface area contributed by atoms with Crippen LogP contribution in [0.3, 0.4) is 0 Å². The molecule has 1 aliphatic heterocycles. The van der Waals surface area contributed by atoms with Crippen LogP contribution in [0, 0.1) is 0 Å². The minimum Gasteiger partial charge on any atom is -0.353 e. The summed E-state index contributed by atoms with van der Waals surface area (Å²) in [4.78, 5) is 13.8. The van der Waals surface area contributed by atoms with Gasteiger partial charge in [0.15, 0.2) is 0 Å². The summed E-state index contributed by atoms with van der Waals surface area (Å²) in [6, 6.07) is 6.08. The Morgan fingerprint density at radius 3 is 2.55 bits per heavy atom. The molecule has 0 radical (unpaired) electrons. The molecule has 0 N–H and O–H groups in total. The predicted molar refractivity (Wildman–Crippen MR) is 80.5 cm³/mol. The van der Waals surface area contributed by atoms with Crippen LogP contribution in [-0.2, 0) is 0 Å². The van der Waals surface area contributed by atoms with Gasteiger partial charge >= 0.3 is 0 Å². The van der Waals surface area contributed by atoms with Crippen molar-refractivity contribution >= 4 is 22.5 Å². The molecule has 4 rings (SSSR count). The second kappa shape index (κ2) is 5.01. The van der Waals surface area contributed by atoms with Gasteiger partial charge in [0.1, 0.15) is 11.6 Å². The van der Waals surface area contributed by atoms with E-state index < -0.39 is 0 Å². The Hall–Kier alpha value is -1.69. The van der Waals surface area contributed by atoms with Crippen molar-refractivity contribution in [3.63, 3.8) is 0 Å². The molecule has 2 aromatic rings. The topological polar surface area (TPSA) is 45.2 Å². The molecule has 3 heterocycles. The van der Waals surface area contributed by atoms with Crippen molar-refractivity contribution in [3.05, 3.63) is 30.2 Å². The smallest absolute Gasteiger partial charge is 0.205 e. The van der Waals surface area contributed by atoms with Gasteiger partial charge in [-0.2, -0.15) is 4.37 Å². The summed E-state index contributed by atoms with van der Waals surface area (Å²) in [7, 11) is 0. The highest BCUT2D eigenvalue weighted by Gasteiger charge is 2.29. The number of piperazine rings is 1. The average molecular weight is 287 g/mol. The van der Waals surface area contributed by atoms with Gasteiger partial charge in [0, 0.05) is 49.8 Å². The van der Waals surface area contributed by atoms with Gasteiger partial charge in [0.2, 0.25) is 5.13 Å². The molecule has 2 aromatic heterocycles. The molecule has 20 heavy (non-hydrogen) atoms. The first-order valence-corrected chi connectivity index (χ1v) is 7.92. The fourth-order valence-electron chi connectivity index (χ4n) is 2.53. The molecule has 1 aliphatic carbocycles. The molecule has 0 spiro atoms. The SMILES string of the molecule is c1ccc(N2CCN(c3nc(C4CC4)ns3)CC2)nc1. The lowest BCUT2D eigenvalue weighted by Crippen LogP contribution is -2.46. The van der Waals surface area contributed by atoms with Gasteiger partial charge in [0.25, 0.3) is 0 Å². The van der Waals surface area contributed by atoms with Gasteiger partial charge in [-0.3, -0.25) is 0 Å². The number of anilines is 2. The first kappa shape index (κ1) is 12.1. The number of aromatic nitrogens is 3. The lowest BCUT2D eigenvalue weighted by molar-refractivity contribution is 0.645. The summed E-state index contributed by atoms with van der Waals surface area (Å²) in [5.74, 6) is 2.79. The Labute approximate surface area is 122 Å². The zero-order valence-electron chi connectivity index (χ0n) is 11.3. The van der Waals surface area contributed by atoms with Crippen LogP contribution in [0.25, 0.3) is 0 Å². The molecule has 0 bridgehead atoms. The van der Waals surface area contributed by atoms with E-state index in [1.807, 2.05) is 18.3 Å². The van der Waals surface area contributed by atoms with Crippen molar-refractivity contribution in [1.82, 2.24) is 14.3 Å². The van der Waals surface area contributed by atoms with Crippen molar-refractivity contribution in [2.75, 3.05) is 36.0 Å². The normalized spacial score (nSPS) is 19.4. The molecule has 2 fully saturated rings. The summed E-state index contributed by atoms with van der Waals surface area (Å²) < 4.78 is 4.49. The van der Waals surface area contributed by atoms with E-state index in [0.29, 0.717) is 5.92 Å². The zero-order chi connectivity index (χ0) is 13.4. The highest BCUT2D eigenvalue weighted by Crippen LogP contribution is 2.39. The fourth-order valence-corrected chi connectivity index (χ4v) is 3.33. The van der Waals surface area contributed by atoms with Gasteiger partial charge in [-0.1, -0.05) is 6.07 Å². The molecular weight excluding hydrogens is 270 g/mol. The Morgan fingerprint density at radius 1 is 1.05 bits per heavy atom. The molecule has 0 unspecified atom stereocenters. The van der Waals surface area contributed by atoms with Crippen LogP contribution in [0.15, 0.2) is 24.4 Å². The third kappa shape index (κ3) is 2.35. The summed E-state index contributed by atoms with van der Waals surface area (Å²) >= 11 is 1.55. The fraction of sp³-hybridized carbons (Fsp3) is 0.500. The van der Waals surface area contributed by atoms with E-state index in [4.69, 9.17) is 4.98 Å². The third-order valence-corrected chi connectivity index (χ3v) is 4.69. The van der Waals surface area contributed by atoms with Crippen LogP contribution in [-0.4, -0.2) is 40.5 Å². The molecule has 1 saturated carbocycles. The summed E-state index contributed by atoms with van der Waals surface area (Å²) in [5.41, 5.74) is 0. The van der Waals surface area contributed by atoms with E-state index in [9.17, 15) is 0 Å². The summed E-state index contributed by atoms with van der Waals surface area (Å²) in [5, 5.41) is 1.09. The summed E-state index contributed by atoms with van der Waals surface area (Å²) in [6.07, 6.45) is 4.39. The van der Waals surface area contributed by atoms with E-state index in [1.54, 1.807) is 11.5 Å². The molecule has 0 aromatic carbocycles. The largest absolute Gasteiger partial charge is 0.353 e. The number of hydrogen-bond acceptors (Lipinski definition) is 6. The molecule has 0 amide bonds. The quantitative estimate of drug-likeness (QED) is 0.865. The maximum atomic E-state index is 4.69. The van der Waals surface area contributed by atoms with Crippen molar-refractivity contribution in [2.45, 2.75) is 18.8 Å². The van der Waals surface area contributed by atoms with Crippen molar-refractivity contribution < 1.29 is 0 Å². The van der Waals surface area contributed by atoms with Crippen LogP contribution in [0.4, 0.5) is 10.9 Å². The first-order valence-electron chi connectivity index (χ1n) is 7.15. The van der Waals surface area contributed by atoms with E-state index in [2.05, 4.69) is 25.2 Å². The second-order valence-corrected chi connectivity index (χ2v) is 6.10. The van der Waals surface area contributed by atoms with Crippen molar-refractivity contribution in [3.8, 4) is 0 Å². The molecule has 0 atom stereocenters. The number of pyridine rings is 1. The first-order chi connectivity index (χ1) is 9.90. The van der Waals surface area contributed by atoms with Gasteiger partial charge in [-0.05, 0) is 25.0 Å². The average Bonchev–Trinajstić information content (AvgIpc) is 3.26. The van der Waals surface area contributed by atoms with Gasteiger partial charge in [-0.15, -0.1) is 0 Å². The maximum absolute atomic E-state index is 4.69. The molecule has 6 heteroatoms. The number of rotatable bonds is 3. The monoisotopic (exact) mass is 287 g/mol. The Kier molecular flexibility index (Phi) is 3.03. The molecular formula is C14H17N5S. The zero-order valence-corrected chi connectivity index (χ0v) is 12.1. The highest BCUT2D eigenvalue weighted by atomic mass is 32.1. The molecule has 2 aliphatic rings. The van der Waals surface area contributed by atoms with Crippen LogP contribution < -0.4 is 9.80 Å². The van der Waals surface area contributed by atoms with E-state index in [1.165, 1.54) is 12.8 Å². The van der Waals surface area contributed by atoms with Crippen molar-refractivity contribution in [2.24, 2.45) is 0 Å². The van der Waals surface area contributed by atoms with Gasteiger partial charge < -0.3 is 9.80 Å². The maximum Gasteiger partial charge on any atom is 0.205 e. The minimum absolute atomic E-state index is 0.648. The third-order valence-electron chi connectivity index (χ3n) is 3.90. The van der Waals surface area contributed by atoms with Crippen LogP contribution >= 0.6 is 11.5 Å². The lowest BCUT2D eigenvalue weighted by atomic mass is 10.3. The number of hydrogen-bond donors (Lipinski definition) is 0. The highest BCUT2D eigenvalue weighted by molar-refractivity contribution is 7.09. The van der Waals surface area contributed by atoms with Crippen LogP contribution in [0.5, 0.6) is 0 Å². The van der Waals surface area contributed by atoms with E-state index in [-0.39, 0.29) is 0 Å². The lowest BCUT2D eigenvalue weighted by Gasteiger charge is -2.34. The molecule has 104 valence electrons. The second-order valence-electron chi connectivity index (χ2n) is 5.37. The summed E-state index contributed by atoms with van der Waals surface area (Å²) in [6.45, 7) is 3.98. The van der Waals surface area contributed by atoms with E-state index in [0.717, 1.165) is 43.0 Å². The Balaban J connectivity index is 1.41. The molecule has 1 saturated heterocycles. The molecule has 5 nitrogen and oxygen atoms in total. The van der Waals surface area contributed by atoms with Gasteiger partial charge in [-0.25, -0.2) is 9.97 Å². The van der Waals surface area contributed by atoms with Crippen LogP contribution in [0.2, 0.25) is 0 Å². The van der Waals surface area contributed by atoms with E-state index >= 15 is 0 Å².